The normalized spacial score (nSPS) is 15.7. The van der Waals surface area contributed by atoms with Crippen molar-refractivity contribution < 1.29 is 19.5 Å². The van der Waals surface area contributed by atoms with E-state index >= 15 is 0 Å². The zero-order valence-electron chi connectivity index (χ0n) is 11.4. The van der Waals surface area contributed by atoms with E-state index in [-0.39, 0.29) is 23.4 Å². The van der Waals surface area contributed by atoms with E-state index in [9.17, 15) is 14.4 Å². The van der Waals surface area contributed by atoms with E-state index < -0.39 is 5.97 Å². The number of aromatic carboxylic acids is 1. The van der Waals surface area contributed by atoms with Gasteiger partial charge in [0, 0.05) is 19.5 Å². The molecular formula is C13H17N3O4S. The van der Waals surface area contributed by atoms with Gasteiger partial charge in [-0.2, -0.15) is 0 Å². The molecule has 4 N–H and O–H groups in total. The molecule has 0 radical (unpaired) electrons. The van der Waals surface area contributed by atoms with Crippen molar-refractivity contribution in [3.8, 4) is 0 Å². The van der Waals surface area contributed by atoms with Crippen molar-refractivity contribution in [2.75, 3.05) is 18.4 Å². The average Bonchev–Trinajstić information content (AvgIpc) is 2.87. The molecule has 0 spiro atoms. The summed E-state index contributed by atoms with van der Waals surface area (Å²) in [6.45, 7) is 1.08. The maximum atomic E-state index is 12.1. The number of likely N-dealkylation sites (tertiary alicyclic amines) is 1. The number of hydrogen-bond donors (Lipinski definition) is 3. The van der Waals surface area contributed by atoms with Gasteiger partial charge in [0.15, 0.2) is 0 Å². The number of nitrogens with zero attached hydrogens (tertiary/aromatic N) is 1. The van der Waals surface area contributed by atoms with Gasteiger partial charge in [0.2, 0.25) is 5.91 Å². The number of nitrogens with one attached hydrogen (secondary N) is 1. The van der Waals surface area contributed by atoms with Gasteiger partial charge in [0.25, 0.3) is 0 Å². The standard InChI is InChI=1S/C13H17N3O4S/c14-10(17)7-8-1-4-16(5-2-8)13(20)15-11-9(12(18)19)3-6-21-11/h3,6,8H,1-2,4-5,7H2,(H2,14,17)(H,15,20)(H,18,19). The summed E-state index contributed by atoms with van der Waals surface area (Å²) in [5.41, 5.74) is 5.26. The SMILES string of the molecule is NC(=O)CC1CCN(C(=O)Nc2sccc2C(=O)O)CC1. The number of nitrogens with two attached hydrogens (primary N) is 1. The summed E-state index contributed by atoms with van der Waals surface area (Å²) in [6.07, 6.45) is 1.81. The Morgan fingerprint density at radius 3 is 2.62 bits per heavy atom. The van der Waals surface area contributed by atoms with Crippen LogP contribution in [0, 0.1) is 5.92 Å². The number of anilines is 1. The second-order valence-electron chi connectivity index (χ2n) is 5.00. The first-order valence-corrected chi connectivity index (χ1v) is 7.50. The Morgan fingerprint density at radius 1 is 1.38 bits per heavy atom. The minimum absolute atomic E-state index is 0.0944. The van der Waals surface area contributed by atoms with Crippen molar-refractivity contribution in [3.63, 3.8) is 0 Å². The lowest BCUT2D eigenvalue weighted by molar-refractivity contribution is -0.119. The van der Waals surface area contributed by atoms with Crippen LogP contribution in [0.2, 0.25) is 0 Å². The molecule has 7 nitrogen and oxygen atoms in total. The number of carboxylic acid groups (broad SMARTS) is 1. The monoisotopic (exact) mass is 311 g/mol. The molecule has 2 heterocycles. The molecule has 1 aromatic rings. The summed E-state index contributed by atoms with van der Waals surface area (Å²) in [5, 5.41) is 13.6. The van der Waals surface area contributed by atoms with E-state index in [2.05, 4.69) is 5.32 Å². The highest BCUT2D eigenvalue weighted by molar-refractivity contribution is 7.14. The number of carbonyl (C=O) groups is 3. The second kappa shape index (κ2) is 6.57. The fourth-order valence-electron chi connectivity index (χ4n) is 2.38. The van der Waals surface area contributed by atoms with Crippen molar-refractivity contribution in [2.45, 2.75) is 19.3 Å². The van der Waals surface area contributed by atoms with Crippen molar-refractivity contribution in [1.29, 1.82) is 0 Å². The zero-order valence-corrected chi connectivity index (χ0v) is 12.2. The molecule has 114 valence electrons. The maximum absolute atomic E-state index is 12.1. The van der Waals surface area contributed by atoms with Gasteiger partial charge in [-0.25, -0.2) is 9.59 Å². The predicted molar refractivity (Wildman–Crippen MR) is 78.4 cm³/mol. The molecule has 1 fully saturated rings. The Morgan fingerprint density at radius 2 is 2.05 bits per heavy atom. The van der Waals surface area contributed by atoms with Crippen molar-refractivity contribution in [3.05, 3.63) is 17.0 Å². The molecule has 0 saturated carbocycles. The lowest BCUT2D eigenvalue weighted by Gasteiger charge is -2.31. The van der Waals surface area contributed by atoms with Crippen LogP contribution in [0.1, 0.15) is 29.6 Å². The number of piperidine rings is 1. The van der Waals surface area contributed by atoms with E-state index in [1.807, 2.05) is 0 Å². The zero-order chi connectivity index (χ0) is 15.4. The van der Waals surface area contributed by atoms with Crippen LogP contribution in [-0.4, -0.2) is 41.0 Å². The number of amides is 3. The minimum atomic E-state index is -1.06. The lowest BCUT2D eigenvalue weighted by Crippen LogP contribution is -2.41. The Balaban J connectivity index is 1.89. The summed E-state index contributed by atoms with van der Waals surface area (Å²) in [6, 6.07) is 1.15. The quantitative estimate of drug-likeness (QED) is 0.783. The van der Waals surface area contributed by atoms with Crippen LogP contribution < -0.4 is 11.1 Å². The van der Waals surface area contributed by atoms with Crippen LogP contribution in [0.5, 0.6) is 0 Å². The highest BCUT2D eigenvalue weighted by Gasteiger charge is 2.25. The van der Waals surface area contributed by atoms with Crippen molar-refractivity contribution >= 4 is 34.2 Å². The fraction of sp³-hybridized carbons (Fsp3) is 0.462. The molecule has 0 unspecified atom stereocenters. The third-order valence-electron chi connectivity index (χ3n) is 3.51. The molecule has 0 aromatic carbocycles. The maximum Gasteiger partial charge on any atom is 0.338 e. The van der Waals surface area contributed by atoms with Crippen molar-refractivity contribution in [1.82, 2.24) is 4.90 Å². The van der Waals surface area contributed by atoms with E-state index in [0.717, 1.165) is 12.8 Å². The van der Waals surface area contributed by atoms with Gasteiger partial charge < -0.3 is 15.7 Å². The molecule has 1 aliphatic heterocycles. The van der Waals surface area contributed by atoms with Gasteiger partial charge >= 0.3 is 12.0 Å². The molecule has 1 saturated heterocycles. The van der Waals surface area contributed by atoms with Crippen LogP contribution in [0.15, 0.2) is 11.4 Å². The molecule has 0 bridgehead atoms. The summed E-state index contributed by atoms with van der Waals surface area (Å²) >= 11 is 1.18. The van der Waals surface area contributed by atoms with E-state index in [0.29, 0.717) is 24.5 Å². The number of urea groups is 1. The lowest BCUT2D eigenvalue weighted by atomic mass is 9.93. The van der Waals surface area contributed by atoms with Gasteiger partial charge in [-0.1, -0.05) is 0 Å². The van der Waals surface area contributed by atoms with Crippen LogP contribution in [-0.2, 0) is 4.79 Å². The molecule has 2 rings (SSSR count). The fourth-order valence-corrected chi connectivity index (χ4v) is 3.14. The summed E-state index contributed by atoms with van der Waals surface area (Å²) < 4.78 is 0. The van der Waals surface area contributed by atoms with Crippen LogP contribution in [0.25, 0.3) is 0 Å². The molecular weight excluding hydrogens is 294 g/mol. The molecule has 1 aromatic heterocycles. The average molecular weight is 311 g/mol. The Labute approximate surface area is 125 Å². The van der Waals surface area contributed by atoms with Gasteiger partial charge in [-0.05, 0) is 30.2 Å². The third kappa shape index (κ3) is 3.94. The largest absolute Gasteiger partial charge is 0.478 e. The molecule has 3 amide bonds. The highest BCUT2D eigenvalue weighted by atomic mass is 32.1. The Hall–Kier alpha value is -2.09. The molecule has 1 aliphatic rings. The van der Waals surface area contributed by atoms with E-state index in [4.69, 9.17) is 10.8 Å². The first kappa shape index (κ1) is 15.3. The van der Waals surface area contributed by atoms with Crippen LogP contribution >= 0.6 is 11.3 Å². The second-order valence-corrected chi connectivity index (χ2v) is 5.92. The summed E-state index contributed by atoms with van der Waals surface area (Å²) in [4.78, 5) is 35.6. The number of hydrogen-bond acceptors (Lipinski definition) is 4. The molecule has 21 heavy (non-hydrogen) atoms. The number of thiophene rings is 1. The smallest absolute Gasteiger partial charge is 0.338 e. The highest BCUT2D eigenvalue weighted by Crippen LogP contribution is 2.25. The Bertz CT molecular complexity index is 549. The molecule has 0 atom stereocenters. The molecule has 0 aliphatic carbocycles. The van der Waals surface area contributed by atoms with Crippen LogP contribution in [0.4, 0.5) is 9.80 Å². The Kier molecular flexibility index (Phi) is 4.79. The minimum Gasteiger partial charge on any atom is -0.478 e. The summed E-state index contributed by atoms with van der Waals surface area (Å²) in [7, 11) is 0. The van der Waals surface area contributed by atoms with Gasteiger partial charge in [-0.3, -0.25) is 10.1 Å². The van der Waals surface area contributed by atoms with Gasteiger partial charge in [0.1, 0.15) is 5.00 Å². The third-order valence-corrected chi connectivity index (χ3v) is 4.34. The van der Waals surface area contributed by atoms with Gasteiger partial charge in [0.05, 0.1) is 5.56 Å². The first-order chi connectivity index (χ1) is 9.97. The number of carboxylic acids is 1. The van der Waals surface area contributed by atoms with Gasteiger partial charge in [-0.15, -0.1) is 11.3 Å². The number of carbonyl (C=O) groups excluding carboxylic acids is 2. The number of rotatable bonds is 4. The van der Waals surface area contributed by atoms with Crippen molar-refractivity contribution in [2.24, 2.45) is 11.7 Å². The number of primary amides is 1. The van der Waals surface area contributed by atoms with E-state index in [1.54, 1.807) is 10.3 Å². The van der Waals surface area contributed by atoms with Crippen LogP contribution in [0.3, 0.4) is 0 Å². The molecule has 8 heteroatoms. The van der Waals surface area contributed by atoms with E-state index in [1.165, 1.54) is 17.4 Å². The first-order valence-electron chi connectivity index (χ1n) is 6.62. The summed E-state index contributed by atoms with van der Waals surface area (Å²) in [5.74, 6) is -1.16. The topological polar surface area (TPSA) is 113 Å². The predicted octanol–water partition coefficient (Wildman–Crippen LogP) is 1.57.